The predicted molar refractivity (Wildman–Crippen MR) is 124 cm³/mol. The van der Waals surface area contributed by atoms with E-state index >= 15 is 0 Å². The zero-order valence-corrected chi connectivity index (χ0v) is 18.3. The van der Waals surface area contributed by atoms with Gasteiger partial charge in [-0.15, -0.1) is 11.3 Å². The van der Waals surface area contributed by atoms with Crippen LogP contribution in [-0.2, 0) is 13.6 Å². The van der Waals surface area contributed by atoms with Crippen molar-refractivity contribution >= 4 is 39.5 Å². The number of benzene rings is 2. The molecule has 0 saturated heterocycles. The quantitative estimate of drug-likeness (QED) is 0.384. The van der Waals surface area contributed by atoms with Gasteiger partial charge in [0.2, 0.25) is 0 Å². The van der Waals surface area contributed by atoms with Crippen LogP contribution in [0.1, 0.15) is 21.7 Å². The molecule has 0 spiro atoms. The standard InChI is InChI=1S/C23H23ClN4S/c1-14-11-19(24)6-7-20(14)23-26-15(2)22(29-23)16(3)27-25-13-17-5-8-21-18(12-17)9-10-28(21)4/h5-12,25,27H,3,13H2,1-2,4H3. The minimum atomic E-state index is 0.699. The highest BCUT2D eigenvalue weighted by atomic mass is 35.5. The molecule has 29 heavy (non-hydrogen) atoms. The van der Waals surface area contributed by atoms with Crippen molar-refractivity contribution < 1.29 is 0 Å². The maximum atomic E-state index is 6.08. The molecule has 2 heterocycles. The van der Waals surface area contributed by atoms with Gasteiger partial charge < -0.3 is 9.99 Å². The first-order valence-corrected chi connectivity index (χ1v) is 10.6. The summed E-state index contributed by atoms with van der Waals surface area (Å²) in [6.07, 6.45) is 2.08. The van der Waals surface area contributed by atoms with Gasteiger partial charge in [0, 0.05) is 35.9 Å². The molecule has 0 bridgehead atoms. The number of aryl methyl sites for hydroxylation is 3. The Hall–Kier alpha value is -2.60. The molecule has 2 aromatic carbocycles. The summed E-state index contributed by atoms with van der Waals surface area (Å²) in [5.74, 6) is 0. The minimum absolute atomic E-state index is 0.699. The summed E-state index contributed by atoms with van der Waals surface area (Å²) in [4.78, 5) is 5.78. The second kappa shape index (κ2) is 8.03. The summed E-state index contributed by atoms with van der Waals surface area (Å²) in [5.41, 5.74) is 12.9. The Balaban J connectivity index is 1.43. The summed E-state index contributed by atoms with van der Waals surface area (Å²) in [6.45, 7) is 8.95. The van der Waals surface area contributed by atoms with Gasteiger partial charge in [0.1, 0.15) is 5.01 Å². The third kappa shape index (κ3) is 4.08. The number of thiazole rings is 1. The largest absolute Gasteiger partial charge is 0.351 e. The van der Waals surface area contributed by atoms with Crippen LogP contribution < -0.4 is 10.9 Å². The highest BCUT2D eigenvalue weighted by Gasteiger charge is 2.13. The number of hydrogen-bond donors (Lipinski definition) is 2. The van der Waals surface area contributed by atoms with Crippen molar-refractivity contribution in [1.29, 1.82) is 0 Å². The molecule has 0 saturated carbocycles. The van der Waals surface area contributed by atoms with Gasteiger partial charge in [0.05, 0.1) is 16.3 Å². The number of aromatic nitrogens is 2. The highest BCUT2D eigenvalue weighted by Crippen LogP contribution is 2.33. The van der Waals surface area contributed by atoms with Gasteiger partial charge in [-0.05, 0) is 60.7 Å². The van der Waals surface area contributed by atoms with E-state index in [1.807, 2.05) is 25.1 Å². The van der Waals surface area contributed by atoms with Crippen LogP contribution in [0.2, 0.25) is 5.02 Å². The zero-order chi connectivity index (χ0) is 20.5. The maximum Gasteiger partial charge on any atom is 0.124 e. The van der Waals surface area contributed by atoms with Crippen molar-refractivity contribution in [3.05, 3.63) is 82.0 Å². The van der Waals surface area contributed by atoms with Gasteiger partial charge >= 0.3 is 0 Å². The summed E-state index contributed by atoms with van der Waals surface area (Å²) >= 11 is 7.71. The first kappa shape index (κ1) is 19.7. The lowest BCUT2D eigenvalue weighted by molar-refractivity contribution is 0.641. The van der Waals surface area contributed by atoms with E-state index in [4.69, 9.17) is 16.6 Å². The third-order valence-electron chi connectivity index (χ3n) is 4.97. The minimum Gasteiger partial charge on any atom is -0.351 e. The third-order valence-corrected chi connectivity index (χ3v) is 6.46. The molecule has 0 aliphatic rings. The van der Waals surface area contributed by atoms with Gasteiger partial charge in [-0.25, -0.2) is 10.4 Å². The number of halogens is 1. The van der Waals surface area contributed by atoms with E-state index in [2.05, 4.69) is 66.4 Å². The average Bonchev–Trinajstić information content (AvgIpc) is 3.24. The monoisotopic (exact) mass is 422 g/mol. The van der Waals surface area contributed by atoms with Gasteiger partial charge in [0.25, 0.3) is 0 Å². The van der Waals surface area contributed by atoms with Crippen LogP contribution in [0.5, 0.6) is 0 Å². The Labute approximate surface area is 179 Å². The summed E-state index contributed by atoms with van der Waals surface area (Å²) in [6, 6.07) is 14.5. The summed E-state index contributed by atoms with van der Waals surface area (Å²) in [7, 11) is 2.06. The number of nitrogens with one attached hydrogen (secondary N) is 2. The Morgan fingerprint density at radius 3 is 2.79 bits per heavy atom. The van der Waals surface area contributed by atoms with Crippen molar-refractivity contribution in [2.45, 2.75) is 20.4 Å². The van der Waals surface area contributed by atoms with Gasteiger partial charge in [0.15, 0.2) is 0 Å². The maximum absolute atomic E-state index is 6.08. The van der Waals surface area contributed by atoms with Crippen LogP contribution in [0.4, 0.5) is 0 Å². The van der Waals surface area contributed by atoms with E-state index in [9.17, 15) is 0 Å². The fourth-order valence-corrected chi connectivity index (χ4v) is 4.72. The van der Waals surface area contributed by atoms with Crippen LogP contribution in [0.3, 0.4) is 0 Å². The van der Waals surface area contributed by atoms with E-state index in [1.165, 1.54) is 16.5 Å². The molecular formula is C23H23ClN4S. The number of rotatable bonds is 6. The Morgan fingerprint density at radius 1 is 1.17 bits per heavy atom. The molecule has 0 amide bonds. The molecule has 0 fully saturated rings. The molecule has 0 atom stereocenters. The van der Waals surface area contributed by atoms with Crippen molar-refractivity contribution in [3.8, 4) is 10.6 Å². The molecule has 0 unspecified atom stereocenters. The molecule has 4 aromatic rings. The zero-order valence-electron chi connectivity index (χ0n) is 16.7. The second-order valence-corrected chi connectivity index (χ2v) is 8.61. The molecule has 6 heteroatoms. The predicted octanol–water partition coefficient (Wildman–Crippen LogP) is 5.84. The molecule has 148 valence electrons. The van der Waals surface area contributed by atoms with Crippen molar-refractivity contribution in [3.63, 3.8) is 0 Å². The number of fused-ring (bicyclic) bond motifs is 1. The van der Waals surface area contributed by atoms with Crippen LogP contribution >= 0.6 is 22.9 Å². The van der Waals surface area contributed by atoms with E-state index in [-0.39, 0.29) is 0 Å². The van der Waals surface area contributed by atoms with E-state index < -0.39 is 0 Å². The SMILES string of the molecule is C=C(NNCc1ccc2c(ccn2C)c1)c1sc(-c2ccc(Cl)cc2C)nc1C. The van der Waals surface area contributed by atoms with Crippen LogP contribution in [0.15, 0.2) is 55.2 Å². The first-order chi connectivity index (χ1) is 13.9. The molecular weight excluding hydrogens is 400 g/mol. The average molecular weight is 423 g/mol. The van der Waals surface area contributed by atoms with Crippen molar-refractivity contribution in [1.82, 2.24) is 20.4 Å². The lowest BCUT2D eigenvalue weighted by atomic mass is 10.1. The molecule has 4 rings (SSSR count). The molecule has 0 radical (unpaired) electrons. The second-order valence-electron chi connectivity index (χ2n) is 7.17. The number of hydrazine groups is 1. The van der Waals surface area contributed by atoms with Gasteiger partial charge in [-0.2, -0.15) is 0 Å². The normalized spacial score (nSPS) is 11.2. The number of hydrogen-bond acceptors (Lipinski definition) is 4. The number of nitrogens with zero attached hydrogens (tertiary/aromatic N) is 2. The van der Waals surface area contributed by atoms with E-state index in [0.717, 1.165) is 37.4 Å². The lowest BCUT2D eigenvalue weighted by Crippen LogP contribution is -2.29. The van der Waals surface area contributed by atoms with Crippen molar-refractivity contribution in [2.24, 2.45) is 7.05 Å². The fraction of sp³-hybridized carbons (Fsp3) is 0.174. The van der Waals surface area contributed by atoms with Gasteiger partial charge in [-0.3, -0.25) is 0 Å². The van der Waals surface area contributed by atoms with Crippen molar-refractivity contribution in [2.75, 3.05) is 0 Å². The van der Waals surface area contributed by atoms with E-state index in [0.29, 0.717) is 6.54 Å². The Kier molecular flexibility index (Phi) is 5.46. The Morgan fingerprint density at radius 2 is 2.00 bits per heavy atom. The van der Waals surface area contributed by atoms with E-state index in [1.54, 1.807) is 11.3 Å². The highest BCUT2D eigenvalue weighted by molar-refractivity contribution is 7.16. The molecule has 2 N–H and O–H groups in total. The first-order valence-electron chi connectivity index (χ1n) is 9.38. The van der Waals surface area contributed by atoms with Gasteiger partial charge in [-0.1, -0.05) is 30.3 Å². The summed E-state index contributed by atoms with van der Waals surface area (Å²) < 4.78 is 2.12. The fourth-order valence-electron chi connectivity index (χ4n) is 3.41. The molecule has 0 aliphatic carbocycles. The smallest absolute Gasteiger partial charge is 0.124 e. The molecule has 0 aliphatic heterocycles. The summed E-state index contributed by atoms with van der Waals surface area (Å²) in [5, 5.41) is 2.96. The topological polar surface area (TPSA) is 41.9 Å². The Bertz CT molecular complexity index is 1210. The van der Waals surface area contributed by atoms with Crippen LogP contribution in [0.25, 0.3) is 27.2 Å². The lowest BCUT2D eigenvalue weighted by Gasteiger charge is -2.10. The molecule has 4 nitrogen and oxygen atoms in total. The molecule has 2 aromatic heterocycles. The van der Waals surface area contributed by atoms with Crippen LogP contribution in [0, 0.1) is 13.8 Å². The van der Waals surface area contributed by atoms with Crippen LogP contribution in [-0.4, -0.2) is 9.55 Å².